The van der Waals surface area contributed by atoms with Gasteiger partial charge in [0.05, 0.1) is 15.6 Å². The SMILES string of the molecule is CCN1C(=O)S/C(=C/c2cc(I)c(OCC(=O)Nc3ccc(F)cc3)c(OC)c2)C1=O. The molecule has 2 aromatic carbocycles. The Hall–Kier alpha value is -2.60. The van der Waals surface area contributed by atoms with Crippen molar-refractivity contribution in [2.45, 2.75) is 6.92 Å². The highest BCUT2D eigenvalue weighted by atomic mass is 127. The fourth-order valence-electron chi connectivity index (χ4n) is 2.76. The van der Waals surface area contributed by atoms with Crippen molar-refractivity contribution in [3.8, 4) is 11.5 Å². The van der Waals surface area contributed by atoms with E-state index in [-0.39, 0.29) is 17.8 Å². The van der Waals surface area contributed by atoms with E-state index < -0.39 is 11.7 Å². The van der Waals surface area contributed by atoms with Gasteiger partial charge in [-0.25, -0.2) is 4.39 Å². The van der Waals surface area contributed by atoms with Crippen LogP contribution >= 0.6 is 34.4 Å². The number of likely N-dealkylation sites (N-methyl/N-ethyl adjacent to an activating group) is 1. The van der Waals surface area contributed by atoms with E-state index in [9.17, 15) is 18.8 Å². The molecule has 3 amide bonds. The van der Waals surface area contributed by atoms with Gasteiger partial charge in [-0.05, 0) is 89.3 Å². The van der Waals surface area contributed by atoms with Crippen molar-refractivity contribution >= 4 is 63.2 Å². The summed E-state index contributed by atoms with van der Waals surface area (Å²) < 4.78 is 24.6. The molecule has 1 saturated heterocycles. The molecule has 7 nitrogen and oxygen atoms in total. The van der Waals surface area contributed by atoms with Crippen LogP contribution in [-0.4, -0.2) is 42.2 Å². The summed E-state index contributed by atoms with van der Waals surface area (Å²) >= 11 is 2.93. The molecule has 0 radical (unpaired) electrons. The molecule has 10 heteroatoms. The largest absolute Gasteiger partial charge is 0.493 e. The van der Waals surface area contributed by atoms with Crippen molar-refractivity contribution in [3.05, 3.63) is 56.3 Å². The molecule has 0 aromatic heterocycles. The van der Waals surface area contributed by atoms with Crippen molar-refractivity contribution < 1.29 is 28.2 Å². The second-order valence-electron chi connectivity index (χ2n) is 6.30. The predicted molar refractivity (Wildman–Crippen MR) is 125 cm³/mol. The molecule has 1 aliphatic rings. The molecular weight excluding hydrogens is 538 g/mol. The summed E-state index contributed by atoms with van der Waals surface area (Å²) in [7, 11) is 1.46. The van der Waals surface area contributed by atoms with Crippen LogP contribution in [0.25, 0.3) is 6.08 Å². The average Bonchev–Trinajstić information content (AvgIpc) is 3.00. The highest BCUT2D eigenvalue weighted by Gasteiger charge is 2.33. The van der Waals surface area contributed by atoms with Crippen LogP contribution in [0.5, 0.6) is 11.5 Å². The number of ether oxygens (including phenoxy) is 2. The Morgan fingerprint density at radius 3 is 2.58 bits per heavy atom. The standard InChI is InChI=1S/C21H18FIN2O5S/c1-3-25-20(27)17(31-21(25)28)10-12-8-15(23)19(16(9-12)29-2)30-11-18(26)24-14-6-4-13(22)5-7-14/h4-10H,3,11H2,1-2H3,(H,24,26)/b17-10+. The zero-order valence-electron chi connectivity index (χ0n) is 16.6. The van der Waals surface area contributed by atoms with Gasteiger partial charge in [-0.1, -0.05) is 0 Å². The Kier molecular flexibility index (Phi) is 7.55. The minimum atomic E-state index is -0.415. The van der Waals surface area contributed by atoms with Crippen LogP contribution < -0.4 is 14.8 Å². The number of halogens is 2. The van der Waals surface area contributed by atoms with E-state index in [1.165, 1.54) is 36.3 Å². The van der Waals surface area contributed by atoms with E-state index in [2.05, 4.69) is 5.32 Å². The first-order chi connectivity index (χ1) is 14.8. The number of nitrogens with one attached hydrogen (secondary N) is 1. The number of hydrogen-bond acceptors (Lipinski definition) is 6. The molecule has 1 N–H and O–H groups in total. The van der Waals surface area contributed by atoms with Crippen LogP contribution in [0.15, 0.2) is 41.3 Å². The summed E-state index contributed by atoms with van der Waals surface area (Å²) in [5.41, 5.74) is 1.11. The lowest BCUT2D eigenvalue weighted by Gasteiger charge is -2.14. The summed E-state index contributed by atoms with van der Waals surface area (Å²) in [6, 6.07) is 8.82. The molecule has 3 rings (SSSR count). The van der Waals surface area contributed by atoms with Crippen LogP contribution in [0, 0.1) is 9.39 Å². The fraction of sp³-hybridized carbons (Fsp3) is 0.190. The monoisotopic (exact) mass is 556 g/mol. The highest BCUT2D eigenvalue weighted by Crippen LogP contribution is 2.37. The number of methoxy groups -OCH3 is 1. The summed E-state index contributed by atoms with van der Waals surface area (Å²) in [5.74, 6) is -0.391. The molecule has 2 aromatic rings. The third-order valence-corrected chi connectivity index (χ3v) is 5.92. The van der Waals surface area contributed by atoms with Gasteiger partial charge in [0.1, 0.15) is 5.82 Å². The fourth-order valence-corrected chi connectivity index (χ4v) is 4.44. The molecule has 1 fully saturated rings. The minimum absolute atomic E-state index is 0.279. The van der Waals surface area contributed by atoms with Crippen LogP contribution in [0.4, 0.5) is 14.9 Å². The van der Waals surface area contributed by atoms with Crippen LogP contribution in [0.1, 0.15) is 12.5 Å². The lowest BCUT2D eigenvalue weighted by atomic mass is 10.2. The third kappa shape index (κ3) is 5.56. The molecular formula is C21H18FIN2O5S. The van der Waals surface area contributed by atoms with Gasteiger partial charge in [-0.15, -0.1) is 0 Å². The first-order valence-corrected chi connectivity index (χ1v) is 11.0. The Morgan fingerprint density at radius 2 is 1.97 bits per heavy atom. The molecule has 1 heterocycles. The van der Waals surface area contributed by atoms with E-state index in [0.717, 1.165) is 11.8 Å². The van der Waals surface area contributed by atoms with Gasteiger partial charge in [0.15, 0.2) is 18.1 Å². The molecule has 0 saturated carbocycles. The number of amides is 3. The molecule has 0 atom stereocenters. The Bertz CT molecular complexity index is 1060. The van der Waals surface area contributed by atoms with Crippen LogP contribution in [0.3, 0.4) is 0 Å². The molecule has 0 bridgehead atoms. The summed E-state index contributed by atoms with van der Waals surface area (Å²) in [6.07, 6.45) is 1.62. The minimum Gasteiger partial charge on any atom is -0.493 e. The Morgan fingerprint density at radius 1 is 1.26 bits per heavy atom. The van der Waals surface area contributed by atoms with Gasteiger partial charge < -0.3 is 14.8 Å². The molecule has 162 valence electrons. The van der Waals surface area contributed by atoms with Gasteiger partial charge >= 0.3 is 0 Å². The van der Waals surface area contributed by atoms with E-state index >= 15 is 0 Å². The lowest BCUT2D eigenvalue weighted by molar-refractivity contribution is -0.122. The Labute approximate surface area is 196 Å². The van der Waals surface area contributed by atoms with Crippen LogP contribution in [-0.2, 0) is 9.59 Å². The highest BCUT2D eigenvalue weighted by molar-refractivity contribution is 14.1. The van der Waals surface area contributed by atoms with E-state index in [0.29, 0.717) is 37.8 Å². The van der Waals surface area contributed by atoms with Gasteiger partial charge in [-0.2, -0.15) is 0 Å². The van der Waals surface area contributed by atoms with Crippen molar-refractivity contribution in [3.63, 3.8) is 0 Å². The van der Waals surface area contributed by atoms with Crippen molar-refractivity contribution in [2.24, 2.45) is 0 Å². The lowest BCUT2D eigenvalue weighted by Crippen LogP contribution is -2.27. The number of benzene rings is 2. The Balaban J connectivity index is 1.73. The number of hydrogen-bond donors (Lipinski definition) is 1. The molecule has 0 aliphatic carbocycles. The zero-order valence-corrected chi connectivity index (χ0v) is 19.6. The van der Waals surface area contributed by atoms with Gasteiger partial charge in [0, 0.05) is 12.2 Å². The number of thioether (sulfide) groups is 1. The molecule has 0 unspecified atom stereocenters. The second kappa shape index (κ2) is 10.1. The maximum absolute atomic E-state index is 13.0. The zero-order chi connectivity index (χ0) is 22.5. The van der Waals surface area contributed by atoms with Gasteiger partial charge in [0.2, 0.25) is 0 Å². The third-order valence-electron chi connectivity index (χ3n) is 4.21. The number of carbonyl (C=O) groups excluding carboxylic acids is 3. The van der Waals surface area contributed by atoms with E-state index in [1.54, 1.807) is 25.1 Å². The molecule has 31 heavy (non-hydrogen) atoms. The average molecular weight is 556 g/mol. The van der Waals surface area contributed by atoms with Crippen molar-refractivity contribution in [1.82, 2.24) is 4.90 Å². The number of anilines is 1. The van der Waals surface area contributed by atoms with Crippen molar-refractivity contribution in [2.75, 3.05) is 25.6 Å². The quantitative estimate of drug-likeness (QED) is 0.399. The maximum atomic E-state index is 13.0. The molecule has 1 aliphatic heterocycles. The number of rotatable bonds is 7. The van der Waals surface area contributed by atoms with E-state index in [1.807, 2.05) is 22.6 Å². The first-order valence-electron chi connectivity index (χ1n) is 9.13. The topological polar surface area (TPSA) is 84.9 Å². The molecule has 0 spiro atoms. The second-order valence-corrected chi connectivity index (χ2v) is 8.46. The summed E-state index contributed by atoms with van der Waals surface area (Å²) in [6.45, 7) is 1.78. The normalized spacial score (nSPS) is 14.8. The summed E-state index contributed by atoms with van der Waals surface area (Å²) in [5, 5.41) is 2.32. The maximum Gasteiger partial charge on any atom is 0.293 e. The first kappa shape index (κ1) is 23.1. The van der Waals surface area contributed by atoms with Crippen molar-refractivity contribution in [1.29, 1.82) is 0 Å². The number of carbonyl (C=O) groups is 3. The number of nitrogens with zero attached hydrogens (tertiary/aromatic N) is 1. The summed E-state index contributed by atoms with van der Waals surface area (Å²) in [4.78, 5) is 37.8. The van der Waals surface area contributed by atoms with Crippen LogP contribution in [0.2, 0.25) is 0 Å². The smallest absolute Gasteiger partial charge is 0.293 e. The van der Waals surface area contributed by atoms with Gasteiger partial charge in [0.25, 0.3) is 17.1 Å². The van der Waals surface area contributed by atoms with Gasteiger partial charge in [-0.3, -0.25) is 19.3 Å². The van der Waals surface area contributed by atoms with E-state index in [4.69, 9.17) is 9.47 Å². The number of imide groups is 1. The predicted octanol–water partition coefficient (Wildman–Crippen LogP) is 4.51.